The molecule has 0 unspecified atom stereocenters. The van der Waals surface area contributed by atoms with Crippen LogP contribution in [0.3, 0.4) is 0 Å². The summed E-state index contributed by atoms with van der Waals surface area (Å²) in [6.45, 7) is 5.53. The molecule has 0 atom stereocenters. The molecule has 9 nitrogen and oxygen atoms in total. The van der Waals surface area contributed by atoms with E-state index in [0.717, 1.165) is 0 Å². The molecule has 0 bridgehead atoms. The van der Waals surface area contributed by atoms with Crippen molar-refractivity contribution in [2.24, 2.45) is 5.41 Å². The van der Waals surface area contributed by atoms with Crippen LogP contribution in [-0.2, 0) is 10.0 Å². The Hall–Kier alpha value is -3.89. The van der Waals surface area contributed by atoms with Crippen molar-refractivity contribution < 1.29 is 13.2 Å². The van der Waals surface area contributed by atoms with Crippen LogP contribution in [0, 0.1) is 5.41 Å². The maximum absolute atomic E-state index is 13.1. The number of fused-ring (bicyclic) bond motifs is 2. The van der Waals surface area contributed by atoms with Gasteiger partial charge in [-0.2, -0.15) is 0 Å². The van der Waals surface area contributed by atoms with Crippen LogP contribution in [-0.4, -0.2) is 34.1 Å². The van der Waals surface area contributed by atoms with Crippen LogP contribution in [0.5, 0.6) is 0 Å². The third kappa shape index (κ3) is 4.18. The summed E-state index contributed by atoms with van der Waals surface area (Å²) in [4.78, 5) is 28.2. The number of carbonyl (C=O) groups is 1. The van der Waals surface area contributed by atoms with Crippen LogP contribution in [0.1, 0.15) is 31.1 Å². The second-order valence-electron chi connectivity index (χ2n) is 9.49. The molecule has 184 valence electrons. The molecule has 2 aromatic carbocycles. The van der Waals surface area contributed by atoms with Crippen molar-refractivity contribution in [1.82, 2.24) is 19.9 Å². The average molecular weight is 523 g/mol. The van der Waals surface area contributed by atoms with Crippen LogP contribution in [0.25, 0.3) is 33.3 Å². The zero-order chi connectivity index (χ0) is 25.8. The maximum atomic E-state index is 13.1. The first kappa shape index (κ1) is 23.8. The van der Waals surface area contributed by atoms with Crippen LogP contribution in [0.4, 0.5) is 11.4 Å². The summed E-state index contributed by atoms with van der Waals surface area (Å²) in [5, 5.41) is 0.817. The number of carbonyl (C=O) groups excluding carboxylic acids is 1. The third-order valence-corrected chi connectivity index (χ3v) is 7.49. The molecule has 0 amide bonds. The number of nitrogens with two attached hydrogens (primary N) is 1. The first-order chi connectivity index (χ1) is 16.9. The Morgan fingerprint density at radius 2 is 1.89 bits per heavy atom. The number of Topliss-reactive ketones (excluding diaryl/α,β-unsaturated/α-hetero) is 1. The van der Waals surface area contributed by atoms with Crippen molar-refractivity contribution in [3.8, 4) is 11.3 Å². The minimum absolute atomic E-state index is 0.0188. The molecule has 0 aliphatic heterocycles. The monoisotopic (exact) mass is 522 g/mol. The normalized spacial score (nSPS) is 12.3. The zero-order valence-electron chi connectivity index (χ0n) is 19.7. The van der Waals surface area contributed by atoms with Crippen LogP contribution >= 0.6 is 11.6 Å². The number of ketones is 1. The van der Waals surface area contributed by atoms with Crippen molar-refractivity contribution in [2.75, 3.05) is 10.5 Å². The van der Waals surface area contributed by atoms with E-state index in [1.807, 2.05) is 26.8 Å². The molecule has 36 heavy (non-hydrogen) atoms. The van der Waals surface area contributed by atoms with E-state index in [0.29, 0.717) is 44.6 Å². The maximum Gasteiger partial charge on any atom is 0.261 e. The van der Waals surface area contributed by atoms with Crippen LogP contribution < -0.4 is 10.5 Å². The topological polar surface area (TPSA) is 147 Å². The molecule has 0 spiro atoms. The Labute approximate surface area is 212 Å². The van der Waals surface area contributed by atoms with Crippen molar-refractivity contribution in [2.45, 2.75) is 25.7 Å². The SMILES string of the molecule is CC(C)(C)C(=O)c1c[nH]c2ncc(-c3cc(NS(=O)(=O)c4ccc(N)c(Cl)c4)c4cc[nH]c4c3)nc12. The second-order valence-corrected chi connectivity index (χ2v) is 11.6. The van der Waals surface area contributed by atoms with Crippen molar-refractivity contribution >= 4 is 60.8 Å². The highest BCUT2D eigenvalue weighted by Gasteiger charge is 2.26. The van der Waals surface area contributed by atoms with Gasteiger partial charge in [0, 0.05) is 34.3 Å². The van der Waals surface area contributed by atoms with Gasteiger partial charge in [-0.25, -0.2) is 18.4 Å². The number of rotatable bonds is 5. The Morgan fingerprint density at radius 1 is 1.11 bits per heavy atom. The molecule has 0 aliphatic rings. The summed E-state index contributed by atoms with van der Waals surface area (Å²) >= 11 is 6.04. The molecular formula is C25H23ClN6O3S. The molecule has 5 aromatic rings. The van der Waals surface area contributed by atoms with Gasteiger partial charge in [-0.05, 0) is 36.4 Å². The highest BCUT2D eigenvalue weighted by Crippen LogP contribution is 2.33. The largest absolute Gasteiger partial charge is 0.398 e. The molecule has 0 fully saturated rings. The van der Waals surface area contributed by atoms with Gasteiger partial charge in [-0.3, -0.25) is 9.52 Å². The zero-order valence-corrected chi connectivity index (χ0v) is 21.3. The molecule has 0 aliphatic carbocycles. The van der Waals surface area contributed by atoms with E-state index in [1.54, 1.807) is 30.7 Å². The molecule has 0 saturated heterocycles. The standard InChI is InChI=1S/C25H23ClN6O3S/c1-25(2,3)23(33)16-11-29-24-22(16)31-21(12-30-24)13-8-19-15(6-7-28-19)20(9-13)32-36(34,35)14-4-5-18(27)17(26)10-14/h4-12,28,32H,27H2,1-3H3,(H,29,30). The molecule has 5 N–H and O–H groups in total. The number of halogens is 1. The first-order valence-corrected chi connectivity index (χ1v) is 12.9. The Balaban J connectivity index is 1.61. The lowest BCUT2D eigenvalue weighted by atomic mass is 9.87. The van der Waals surface area contributed by atoms with Gasteiger partial charge >= 0.3 is 0 Å². The summed E-state index contributed by atoms with van der Waals surface area (Å²) in [5.41, 5.74) is 8.96. The second kappa shape index (κ2) is 8.35. The summed E-state index contributed by atoms with van der Waals surface area (Å²) < 4.78 is 28.9. The van der Waals surface area contributed by atoms with Gasteiger partial charge in [0.25, 0.3) is 10.0 Å². The molecule has 0 saturated carbocycles. The molecule has 3 heterocycles. The third-order valence-electron chi connectivity index (χ3n) is 5.80. The van der Waals surface area contributed by atoms with Gasteiger partial charge in [-0.15, -0.1) is 0 Å². The summed E-state index contributed by atoms with van der Waals surface area (Å²) in [5.74, 6) is -0.0596. The number of aromatic nitrogens is 4. The predicted molar refractivity (Wildman–Crippen MR) is 142 cm³/mol. The first-order valence-electron chi connectivity index (χ1n) is 11.0. The molecular weight excluding hydrogens is 500 g/mol. The Kier molecular flexibility index (Phi) is 5.53. The lowest BCUT2D eigenvalue weighted by Gasteiger charge is -2.15. The smallest absolute Gasteiger partial charge is 0.261 e. The van der Waals surface area contributed by atoms with Gasteiger partial charge in [0.15, 0.2) is 11.4 Å². The average Bonchev–Trinajstić information content (AvgIpc) is 3.46. The summed E-state index contributed by atoms with van der Waals surface area (Å²) in [6, 6.07) is 9.43. The van der Waals surface area contributed by atoms with E-state index in [2.05, 4.69) is 19.7 Å². The Morgan fingerprint density at radius 3 is 2.61 bits per heavy atom. The number of nitrogens with one attached hydrogen (secondary N) is 3. The van der Waals surface area contributed by atoms with Crippen LogP contribution in [0.2, 0.25) is 5.02 Å². The van der Waals surface area contributed by atoms with E-state index in [1.165, 1.54) is 18.2 Å². The number of hydrogen-bond donors (Lipinski definition) is 4. The number of nitrogen functional groups attached to an aromatic ring is 1. The number of aromatic amines is 2. The molecule has 0 radical (unpaired) electrons. The predicted octanol–water partition coefficient (Wildman–Crippen LogP) is 5.37. The van der Waals surface area contributed by atoms with Gasteiger partial charge in [0.2, 0.25) is 0 Å². The van der Waals surface area contributed by atoms with Crippen molar-refractivity contribution in [3.05, 3.63) is 65.6 Å². The molecule has 5 rings (SSSR count). The number of nitrogens with zero attached hydrogens (tertiary/aromatic N) is 2. The summed E-state index contributed by atoms with van der Waals surface area (Å²) in [6.07, 6.45) is 4.91. The summed E-state index contributed by atoms with van der Waals surface area (Å²) in [7, 11) is -3.97. The molecule has 3 aromatic heterocycles. The van der Waals surface area contributed by atoms with E-state index >= 15 is 0 Å². The quantitative estimate of drug-likeness (QED) is 0.180. The number of benzene rings is 2. The van der Waals surface area contributed by atoms with Gasteiger partial charge < -0.3 is 15.7 Å². The number of sulfonamides is 1. The number of anilines is 2. The minimum atomic E-state index is -3.97. The van der Waals surface area contributed by atoms with E-state index < -0.39 is 15.4 Å². The fourth-order valence-corrected chi connectivity index (χ4v) is 5.23. The fraction of sp³-hybridized carbons (Fsp3) is 0.160. The minimum Gasteiger partial charge on any atom is -0.398 e. The van der Waals surface area contributed by atoms with Gasteiger partial charge in [-0.1, -0.05) is 32.4 Å². The van der Waals surface area contributed by atoms with Gasteiger partial charge in [0.05, 0.1) is 38.7 Å². The van der Waals surface area contributed by atoms with Crippen molar-refractivity contribution in [1.29, 1.82) is 0 Å². The molecule has 11 heteroatoms. The van der Waals surface area contributed by atoms with E-state index in [4.69, 9.17) is 22.3 Å². The highest BCUT2D eigenvalue weighted by atomic mass is 35.5. The lowest BCUT2D eigenvalue weighted by molar-refractivity contribution is 0.0860. The fourth-order valence-electron chi connectivity index (χ4n) is 3.89. The van der Waals surface area contributed by atoms with E-state index in [-0.39, 0.29) is 21.4 Å². The number of H-pyrrole nitrogens is 2. The van der Waals surface area contributed by atoms with E-state index in [9.17, 15) is 13.2 Å². The van der Waals surface area contributed by atoms with Crippen LogP contribution in [0.15, 0.2) is 59.9 Å². The number of hydrogen-bond acceptors (Lipinski definition) is 6. The van der Waals surface area contributed by atoms with Gasteiger partial charge in [0.1, 0.15) is 5.52 Å². The Bertz CT molecular complexity index is 1770. The lowest BCUT2D eigenvalue weighted by Crippen LogP contribution is -2.20. The van der Waals surface area contributed by atoms with Crippen molar-refractivity contribution in [3.63, 3.8) is 0 Å². The highest BCUT2D eigenvalue weighted by molar-refractivity contribution is 7.92.